The topological polar surface area (TPSA) is 72.5 Å². The Labute approximate surface area is 87.7 Å². The number of ether oxygens (including phenoxy) is 1. The molecular weight excluding hydrogens is 230 g/mol. The molecule has 0 aromatic heterocycles. The third-order valence-electron chi connectivity index (χ3n) is 1.86. The summed E-state index contributed by atoms with van der Waals surface area (Å²) in [4.78, 5) is 11.0. The number of rotatable bonds is 2. The summed E-state index contributed by atoms with van der Waals surface area (Å²) in [6, 6.07) is -0.541. The van der Waals surface area contributed by atoms with Crippen molar-refractivity contribution in [2.45, 2.75) is 18.3 Å². The lowest BCUT2D eigenvalue weighted by atomic mass is 10.3. The molecule has 1 heterocycles. The maximum Gasteiger partial charge on any atom is 0.407 e. The van der Waals surface area contributed by atoms with Crippen LogP contribution in [0.1, 0.15) is 6.92 Å². The number of hydrogen-bond acceptors (Lipinski definition) is 4. The number of sulfone groups is 1. The van der Waals surface area contributed by atoms with Gasteiger partial charge in [-0.3, -0.25) is 0 Å². The highest BCUT2D eigenvalue weighted by Gasteiger charge is 2.37. The normalized spacial score (nSPS) is 29.9. The predicted octanol–water partition coefficient (Wildman–Crippen LogP) is 0.137. The van der Waals surface area contributed by atoms with Crippen molar-refractivity contribution in [1.82, 2.24) is 5.32 Å². The highest BCUT2D eigenvalue weighted by atomic mass is 35.5. The molecule has 1 N–H and O–H groups in total. The molecule has 0 bridgehead atoms. The fourth-order valence-electron chi connectivity index (χ4n) is 1.26. The Bertz CT molecular complexity index is 316. The summed E-state index contributed by atoms with van der Waals surface area (Å²) in [5, 5.41) is 1.85. The lowest BCUT2D eigenvalue weighted by Crippen LogP contribution is -2.40. The third-order valence-corrected chi connectivity index (χ3v) is 4.24. The van der Waals surface area contributed by atoms with Crippen LogP contribution in [0.3, 0.4) is 0 Å². The Kier molecular flexibility index (Phi) is 3.60. The number of alkyl halides is 1. The first-order valence-corrected chi connectivity index (χ1v) is 6.48. The molecule has 0 saturated carbocycles. The summed E-state index contributed by atoms with van der Waals surface area (Å²) in [7, 11) is -3.11. The Morgan fingerprint density at radius 3 is 2.64 bits per heavy atom. The summed E-state index contributed by atoms with van der Waals surface area (Å²) in [6.07, 6.45) is -0.625. The van der Waals surface area contributed by atoms with E-state index in [1.54, 1.807) is 6.92 Å². The maximum atomic E-state index is 11.1. The fourth-order valence-corrected chi connectivity index (χ4v) is 3.81. The van der Waals surface area contributed by atoms with Crippen LogP contribution in [0.15, 0.2) is 0 Å². The highest BCUT2D eigenvalue weighted by molar-refractivity contribution is 7.91. The van der Waals surface area contributed by atoms with Crippen molar-refractivity contribution in [3.05, 3.63) is 0 Å². The van der Waals surface area contributed by atoms with Crippen LogP contribution in [0.25, 0.3) is 0 Å². The minimum Gasteiger partial charge on any atom is -0.450 e. The quantitative estimate of drug-likeness (QED) is 0.698. The monoisotopic (exact) mass is 241 g/mol. The van der Waals surface area contributed by atoms with Crippen LogP contribution in [0.2, 0.25) is 0 Å². The van der Waals surface area contributed by atoms with Gasteiger partial charge in [-0.1, -0.05) is 0 Å². The Balaban J connectivity index is 2.51. The molecule has 7 heteroatoms. The minimum absolute atomic E-state index is 0.0916. The maximum absolute atomic E-state index is 11.1. The molecule has 1 saturated heterocycles. The average Bonchev–Trinajstić information content (AvgIpc) is 2.25. The Morgan fingerprint density at radius 1 is 1.57 bits per heavy atom. The molecule has 0 radical (unpaired) electrons. The first-order valence-electron chi connectivity index (χ1n) is 4.22. The van der Waals surface area contributed by atoms with Crippen LogP contribution in [-0.4, -0.2) is 44.0 Å². The van der Waals surface area contributed by atoms with E-state index < -0.39 is 27.3 Å². The molecule has 1 fully saturated rings. The molecule has 1 amide bonds. The zero-order valence-corrected chi connectivity index (χ0v) is 9.27. The van der Waals surface area contributed by atoms with Gasteiger partial charge >= 0.3 is 6.09 Å². The number of amides is 1. The highest BCUT2D eigenvalue weighted by Crippen LogP contribution is 2.17. The third kappa shape index (κ3) is 3.02. The van der Waals surface area contributed by atoms with Crippen molar-refractivity contribution in [1.29, 1.82) is 0 Å². The smallest absolute Gasteiger partial charge is 0.407 e. The van der Waals surface area contributed by atoms with Crippen molar-refractivity contribution in [2.75, 3.05) is 18.1 Å². The van der Waals surface area contributed by atoms with Gasteiger partial charge in [-0.05, 0) is 6.92 Å². The second kappa shape index (κ2) is 4.35. The standard InChI is InChI=1S/C7H12ClNO4S/c1-2-13-7(10)9-6-4-14(11,12)3-5(6)8/h5-6H,2-4H2,1H3,(H,9,10)/t5-,6+/m0/s1. The number of nitrogens with one attached hydrogen (secondary N) is 1. The summed E-state index contributed by atoms with van der Waals surface area (Å²) in [5.41, 5.74) is 0. The first-order chi connectivity index (χ1) is 6.44. The lowest BCUT2D eigenvalue weighted by Gasteiger charge is -2.13. The average molecular weight is 242 g/mol. The van der Waals surface area contributed by atoms with Crippen molar-refractivity contribution >= 4 is 27.5 Å². The molecule has 2 atom stereocenters. The molecule has 0 unspecified atom stereocenters. The second-order valence-electron chi connectivity index (χ2n) is 3.06. The molecule has 82 valence electrons. The number of alkyl carbamates (subject to hydrolysis) is 1. The van der Waals surface area contributed by atoms with Gasteiger partial charge in [-0.25, -0.2) is 13.2 Å². The minimum atomic E-state index is -3.11. The summed E-state index contributed by atoms with van der Waals surface area (Å²) in [6.45, 7) is 1.92. The molecule has 5 nitrogen and oxygen atoms in total. The van der Waals surface area contributed by atoms with Crippen LogP contribution >= 0.6 is 11.6 Å². The van der Waals surface area contributed by atoms with E-state index in [9.17, 15) is 13.2 Å². The molecule has 0 aromatic rings. The predicted molar refractivity (Wildman–Crippen MR) is 52.2 cm³/mol. The van der Waals surface area contributed by atoms with Crippen LogP contribution in [0.4, 0.5) is 4.79 Å². The van der Waals surface area contributed by atoms with Crippen LogP contribution in [0.5, 0.6) is 0 Å². The van der Waals surface area contributed by atoms with Crippen molar-refractivity contribution in [3.8, 4) is 0 Å². The largest absolute Gasteiger partial charge is 0.450 e. The van der Waals surface area contributed by atoms with E-state index in [1.807, 2.05) is 0 Å². The van der Waals surface area contributed by atoms with Gasteiger partial charge in [-0.2, -0.15) is 0 Å². The Morgan fingerprint density at radius 2 is 2.21 bits per heavy atom. The van der Waals surface area contributed by atoms with Crippen LogP contribution in [-0.2, 0) is 14.6 Å². The second-order valence-corrected chi connectivity index (χ2v) is 5.78. The van der Waals surface area contributed by atoms with Gasteiger partial charge in [0.1, 0.15) is 0 Å². The molecule has 1 aliphatic heterocycles. The zero-order chi connectivity index (χ0) is 10.8. The zero-order valence-electron chi connectivity index (χ0n) is 7.70. The van der Waals surface area contributed by atoms with Gasteiger partial charge in [0.2, 0.25) is 0 Å². The fraction of sp³-hybridized carbons (Fsp3) is 0.857. The van der Waals surface area contributed by atoms with Gasteiger partial charge < -0.3 is 10.1 Å². The van der Waals surface area contributed by atoms with Crippen molar-refractivity contribution in [2.24, 2.45) is 0 Å². The van der Waals surface area contributed by atoms with Gasteiger partial charge in [0, 0.05) is 0 Å². The van der Waals surface area contributed by atoms with Gasteiger partial charge in [0.05, 0.1) is 29.5 Å². The molecule has 0 aromatic carbocycles. The van der Waals surface area contributed by atoms with E-state index in [0.29, 0.717) is 0 Å². The molecule has 14 heavy (non-hydrogen) atoms. The lowest BCUT2D eigenvalue weighted by molar-refractivity contribution is 0.149. The van der Waals surface area contributed by atoms with Crippen molar-refractivity contribution < 1.29 is 17.9 Å². The molecule has 0 spiro atoms. The number of carbonyl (C=O) groups excluding carboxylic acids is 1. The van der Waals surface area contributed by atoms with Crippen molar-refractivity contribution in [3.63, 3.8) is 0 Å². The van der Waals surface area contributed by atoms with Gasteiger partial charge in [-0.15, -0.1) is 11.6 Å². The van der Waals surface area contributed by atoms with E-state index in [-0.39, 0.29) is 18.1 Å². The van der Waals surface area contributed by atoms with E-state index in [2.05, 4.69) is 10.1 Å². The molecular formula is C7H12ClNO4S. The van der Waals surface area contributed by atoms with E-state index in [1.165, 1.54) is 0 Å². The first kappa shape index (κ1) is 11.6. The van der Waals surface area contributed by atoms with Gasteiger partial charge in [0.25, 0.3) is 0 Å². The van der Waals surface area contributed by atoms with E-state index in [0.717, 1.165) is 0 Å². The molecule has 1 aliphatic rings. The summed E-state index contributed by atoms with van der Waals surface area (Å²) < 4.78 is 26.8. The van der Waals surface area contributed by atoms with Crippen LogP contribution in [0, 0.1) is 0 Å². The number of hydrogen-bond donors (Lipinski definition) is 1. The number of carbonyl (C=O) groups is 1. The SMILES string of the molecule is CCOC(=O)N[C@@H]1CS(=O)(=O)C[C@@H]1Cl. The summed E-state index contributed by atoms with van der Waals surface area (Å²) in [5.74, 6) is -0.203. The van der Waals surface area contributed by atoms with Crippen LogP contribution < -0.4 is 5.32 Å². The molecule has 0 aliphatic carbocycles. The van der Waals surface area contributed by atoms with Gasteiger partial charge in [0.15, 0.2) is 9.84 Å². The number of halogens is 1. The molecule has 1 rings (SSSR count). The van der Waals surface area contributed by atoms with E-state index >= 15 is 0 Å². The van der Waals surface area contributed by atoms with E-state index in [4.69, 9.17) is 11.6 Å². The Hall–Kier alpha value is -0.490. The summed E-state index contributed by atoms with van der Waals surface area (Å²) >= 11 is 5.76.